The summed E-state index contributed by atoms with van der Waals surface area (Å²) in [6.45, 7) is 1.66. The lowest BCUT2D eigenvalue weighted by Gasteiger charge is -2.06. The van der Waals surface area contributed by atoms with Crippen LogP contribution in [0.5, 0.6) is 0 Å². The van der Waals surface area contributed by atoms with Gasteiger partial charge in [-0.25, -0.2) is 13.5 Å². The second kappa shape index (κ2) is 5.15. The molecule has 22 heavy (non-hydrogen) atoms. The summed E-state index contributed by atoms with van der Waals surface area (Å²) in [4.78, 5) is 11.7. The summed E-state index contributed by atoms with van der Waals surface area (Å²) in [5.41, 5.74) is 0.0836. The minimum absolute atomic E-state index is 0.0333. The van der Waals surface area contributed by atoms with Gasteiger partial charge in [0.1, 0.15) is 16.2 Å². The Morgan fingerprint density at radius 2 is 2.09 bits per heavy atom. The second-order valence-corrected chi connectivity index (χ2v) is 6.77. The normalized spacial score (nSPS) is 11.7. The van der Waals surface area contributed by atoms with Crippen LogP contribution >= 0.6 is 11.6 Å². The number of halogens is 1. The number of H-pyrrole nitrogens is 1. The molecule has 0 unspecified atom stereocenters. The molecule has 1 aromatic carbocycles. The lowest BCUT2D eigenvalue weighted by atomic mass is 10.3. The molecular formula is C13H11ClN4O3S. The number of hydrogen-bond donors (Lipinski definition) is 2. The molecule has 0 saturated carbocycles. The van der Waals surface area contributed by atoms with E-state index in [0.29, 0.717) is 16.5 Å². The third-order valence-electron chi connectivity index (χ3n) is 3.08. The highest BCUT2D eigenvalue weighted by Gasteiger charge is 2.18. The van der Waals surface area contributed by atoms with Crippen molar-refractivity contribution in [1.82, 2.24) is 14.6 Å². The third kappa shape index (κ3) is 2.58. The fourth-order valence-electron chi connectivity index (χ4n) is 2.04. The Morgan fingerprint density at radius 3 is 2.77 bits per heavy atom. The molecular weight excluding hydrogens is 328 g/mol. The van der Waals surface area contributed by atoms with Crippen LogP contribution in [0, 0.1) is 6.92 Å². The summed E-state index contributed by atoms with van der Waals surface area (Å²) in [5, 5.41) is 6.51. The number of rotatable bonds is 3. The number of hydrogen-bond acceptors (Lipinski definition) is 4. The SMILES string of the molecule is Cc1n[nH]c(=O)c2cc(S(=O)(=O)Nc3cccc(Cl)c3)cn12. The van der Waals surface area contributed by atoms with Crippen LogP contribution in [0.4, 0.5) is 5.69 Å². The molecule has 0 spiro atoms. The maximum atomic E-state index is 12.4. The van der Waals surface area contributed by atoms with Crippen molar-refractivity contribution < 1.29 is 8.42 Å². The average molecular weight is 339 g/mol. The van der Waals surface area contributed by atoms with Gasteiger partial charge in [0, 0.05) is 11.2 Å². The number of nitrogens with zero attached hydrogens (tertiary/aromatic N) is 2. The van der Waals surface area contributed by atoms with Crippen LogP contribution in [0.2, 0.25) is 5.02 Å². The highest BCUT2D eigenvalue weighted by molar-refractivity contribution is 7.92. The van der Waals surface area contributed by atoms with Gasteiger partial charge in [-0.2, -0.15) is 5.10 Å². The summed E-state index contributed by atoms with van der Waals surface area (Å²) in [7, 11) is -3.84. The monoisotopic (exact) mass is 338 g/mol. The van der Waals surface area contributed by atoms with Gasteiger partial charge in [-0.05, 0) is 31.2 Å². The fraction of sp³-hybridized carbons (Fsp3) is 0.0769. The number of benzene rings is 1. The molecule has 2 heterocycles. The topological polar surface area (TPSA) is 96.3 Å². The molecule has 2 aromatic heterocycles. The number of anilines is 1. The maximum absolute atomic E-state index is 12.4. The quantitative estimate of drug-likeness (QED) is 0.760. The number of aromatic amines is 1. The first-order valence-electron chi connectivity index (χ1n) is 6.22. The highest BCUT2D eigenvalue weighted by atomic mass is 35.5. The van der Waals surface area contributed by atoms with Crippen LogP contribution in [0.15, 0.2) is 46.2 Å². The van der Waals surface area contributed by atoms with Gasteiger partial charge in [0.05, 0.1) is 5.69 Å². The van der Waals surface area contributed by atoms with E-state index >= 15 is 0 Å². The van der Waals surface area contributed by atoms with E-state index in [0.717, 1.165) is 0 Å². The second-order valence-electron chi connectivity index (χ2n) is 4.65. The van der Waals surface area contributed by atoms with Gasteiger partial charge in [-0.15, -0.1) is 0 Å². The zero-order valence-electron chi connectivity index (χ0n) is 11.4. The number of aryl methyl sites for hydroxylation is 1. The standard InChI is InChI=1S/C13H11ClN4O3S/c1-8-15-16-13(19)12-6-11(7-18(8)12)22(20,21)17-10-4-2-3-9(14)5-10/h2-7,17H,1H3,(H,16,19). The molecule has 0 aliphatic carbocycles. The van der Waals surface area contributed by atoms with Gasteiger partial charge in [0.2, 0.25) is 0 Å². The molecule has 0 bridgehead atoms. The highest BCUT2D eigenvalue weighted by Crippen LogP contribution is 2.20. The van der Waals surface area contributed by atoms with Crippen LogP contribution in [0.25, 0.3) is 5.52 Å². The van der Waals surface area contributed by atoms with Crippen LogP contribution in [-0.4, -0.2) is 23.0 Å². The molecule has 114 valence electrons. The lowest BCUT2D eigenvalue weighted by Crippen LogP contribution is -2.12. The molecule has 0 radical (unpaired) electrons. The minimum atomic E-state index is -3.84. The van der Waals surface area contributed by atoms with E-state index in [1.807, 2.05) is 0 Å². The Morgan fingerprint density at radius 1 is 1.32 bits per heavy atom. The predicted molar refractivity (Wildman–Crippen MR) is 82.8 cm³/mol. The summed E-state index contributed by atoms with van der Waals surface area (Å²) >= 11 is 5.83. The van der Waals surface area contributed by atoms with Crippen LogP contribution in [0.3, 0.4) is 0 Å². The summed E-state index contributed by atoms with van der Waals surface area (Å²) < 4.78 is 28.6. The number of fused-ring (bicyclic) bond motifs is 1. The smallest absolute Gasteiger partial charge is 0.288 e. The number of sulfonamides is 1. The van der Waals surface area contributed by atoms with Gasteiger partial charge in [0.15, 0.2) is 0 Å². The molecule has 2 N–H and O–H groups in total. The maximum Gasteiger partial charge on any atom is 0.288 e. The van der Waals surface area contributed by atoms with Crippen molar-refractivity contribution in [3.05, 3.63) is 57.7 Å². The molecule has 0 aliphatic heterocycles. The minimum Gasteiger partial charge on any atom is -0.298 e. The molecule has 7 nitrogen and oxygen atoms in total. The summed E-state index contributed by atoms with van der Waals surface area (Å²) in [6, 6.07) is 7.64. The average Bonchev–Trinajstić information content (AvgIpc) is 2.90. The van der Waals surface area contributed by atoms with E-state index in [9.17, 15) is 13.2 Å². The van der Waals surface area contributed by atoms with E-state index in [2.05, 4.69) is 14.9 Å². The Kier molecular flexibility index (Phi) is 3.42. The Bertz CT molecular complexity index is 1020. The first-order chi connectivity index (χ1) is 10.4. The van der Waals surface area contributed by atoms with Crippen molar-refractivity contribution >= 4 is 32.8 Å². The van der Waals surface area contributed by atoms with Crippen molar-refractivity contribution in [3.8, 4) is 0 Å². The van der Waals surface area contributed by atoms with E-state index in [4.69, 9.17) is 11.6 Å². The van der Waals surface area contributed by atoms with Crippen LogP contribution < -0.4 is 10.3 Å². The first-order valence-corrected chi connectivity index (χ1v) is 8.09. The van der Waals surface area contributed by atoms with E-state index in [-0.39, 0.29) is 10.4 Å². The molecule has 0 atom stereocenters. The third-order valence-corrected chi connectivity index (χ3v) is 4.67. The molecule has 3 rings (SSSR count). The molecule has 0 aliphatic rings. The van der Waals surface area contributed by atoms with Gasteiger partial charge in [0.25, 0.3) is 15.6 Å². The van der Waals surface area contributed by atoms with Crippen LogP contribution in [0.1, 0.15) is 5.82 Å². The zero-order valence-corrected chi connectivity index (χ0v) is 12.9. The molecule has 9 heteroatoms. The number of nitrogens with one attached hydrogen (secondary N) is 2. The van der Waals surface area contributed by atoms with E-state index in [1.165, 1.54) is 22.7 Å². The summed E-state index contributed by atoms with van der Waals surface area (Å²) in [6.07, 6.45) is 1.35. The molecule has 0 fully saturated rings. The largest absolute Gasteiger partial charge is 0.298 e. The predicted octanol–water partition coefficient (Wildman–Crippen LogP) is 1.79. The van der Waals surface area contributed by atoms with E-state index in [1.54, 1.807) is 25.1 Å². The van der Waals surface area contributed by atoms with Gasteiger partial charge >= 0.3 is 0 Å². The molecule has 3 aromatic rings. The Hall–Kier alpha value is -2.32. The van der Waals surface area contributed by atoms with Crippen molar-refractivity contribution in [1.29, 1.82) is 0 Å². The van der Waals surface area contributed by atoms with Crippen molar-refractivity contribution in [2.75, 3.05) is 4.72 Å². The lowest BCUT2D eigenvalue weighted by molar-refractivity contribution is 0.601. The number of aromatic nitrogens is 3. The Balaban J connectivity index is 2.08. The van der Waals surface area contributed by atoms with Gasteiger partial charge < -0.3 is 0 Å². The first kappa shape index (κ1) is 14.6. The van der Waals surface area contributed by atoms with Gasteiger partial charge in [-0.1, -0.05) is 17.7 Å². The van der Waals surface area contributed by atoms with E-state index < -0.39 is 15.6 Å². The molecule has 0 saturated heterocycles. The van der Waals surface area contributed by atoms with Crippen LogP contribution in [-0.2, 0) is 10.0 Å². The van der Waals surface area contributed by atoms with Gasteiger partial charge in [-0.3, -0.25) is 13.9 Å². The van der Waals surface area contributed by atoms with Crippen molar-refractivity contribution in [3.63, 3.8) is 0 Å². The fourth-order valence-corrected chi connectivity index (χ4v) is 3.29. The zero-order chi connectivity index (χ0) is 15.9. The Labute approximate surface area is 130 Å². The van der Waals surface area contributed by atoms with Crippen molar-refractivity contribution in [2.24, 2.45) is 0 Å². The molecule has 0 amide bonds. The van der Waals surface area contributed by atoms with Crippen molar-refractivity contribution in [2.45, 2.75) is 11.8 Å². The summed E-state index contributed by atoms with van der Waals surface area (Å²) in [5.74, 6) is 0.471.